The van der Waals surface area contributed by atoms with Crippen LogP contribution in [0.4, 0.5) is 11.4 Å². The maximum Gasteiger partial charge on any atom is 0.262 e. The Morgan fingerprint density at radius 2 is 2.25 bits per heavy atom. The molecule has 1 aromatic heterocycles. The van der Waals surface area contributed by atoms with Crippen molar-refractivity contribution < 1.29 is 13.2 Å². The predicted molar refractivity (Wildman–Crippen MR) is 75.8 cm³/mol. The number of aromatic nitrogens is 2. The fourth-order valence-electron chi connectivity index (χ4n) is 1.62. The number of sulfonamides is 1. The smallest absolute Gasteiger partial charge is 0.262 e. The molecule has 2 rings (SSSR count). The van der Waals surface area contributed by atoms with Gasteiger partial charge < -0.3 is 10.5 Å². The number of nitrogen functional groups attached to an aromatic ring is 1. The van der Waals surface area contributed by atoms with Crippen LogP contribution >= 0.6 is 0 Å². The normalized spacial score (nSPS) is 11.4. The fourth-order valence-corrected chi connectivity index (χ4v) is 2.70. The summed E-state index contributed by atoms with van der Waals surface area (Å²) in [5.41, 5.74) is 6.37. The Kier molecular flexibility index (Phi) is 4.26. The van der Waals surface area contributed by atoms with Crippen LogP contribution in [0.5, 0.6) is 0 Å². The lowest BCUT2D eigenvalue weighted by Crippen LogP contribution is -2.12. The van der Waals surface area contributed by atoms with E-state index in [1.54, 1.807) is 30.1 Å². The summed E-state index contributed by atoms with van der Waals surface area (Å²) in [5, 5.41) is 4.03. The largest absolute Gasteiger partial charge is 0.399 e. The molecule has 0 bridgehead atoms. The van der Waals surface area contributed by atoms with E-state index in [-0.39, 0.29) is 4.90 Å². The van der Waals surface area contributed by atoms with Gasteiger partial charge >= 0.3 is 0 Å². The molecule has 1 aromatic carbocycles. The molecule has 1 heterocycles. The molecular weight excluding hydrogens is 280 g/mol. The first-order valence-corrected chi connectivity index (χ1v) is 7.39. The maximum absolute atomic E-state index is 12.1. The third-order valence-electron chi connectivity index (χ3n) is 2.58. The minimum absolute atomic E-state index is 0.113. The highest BCUT2D eigenvalue weighted by Crippen LogP contribution is 2.17. The van der Waals surface area contributed by atoms with Crippen molar-refractivity contribution in [1.29, 1.82) is 0 Å². The monoisotopic (exact) mass is 296 g/mol. The van der Waals surface area contributed by atoms with Crippen LogP contribution in [0, 0.1) is 0 Å². The van der Waals surface area contributed by atoms with Gasteiger partial charge in [-0.25, -0.2) is 8.42 Å². The lowest BCUT2D eigenvalue weighted by molar-refractivity contribution is 0.183. The maximum atomic E-state index is 12.1. The van der Waals surface area contributed by atoms with E-state index in [1.165, 1.54) is 18.3 Å². The minimum Gasteiger partial charge on any atom is -0.399 e. The zero-order chi connectivity index (χ0) is 14.6. The third kappa shape index (κ3) is 3.49. The van der Waals surface area contributed by atoms with Crippen LogP contribution in [0.15, 0.2) is 41.6 Å². The Morgan fingerprint density at radius 1 is 1.45 bits per heavy atom. The Labute approximate surface area is 117 Å². The molecule has 0 amide bonds. The Balaban J connectivity index is 2.14. The molecule has 0 saturated carbocycles. The van der Waals surface area contributed by atoms with Crippen molar-refractivity contribution in [1.82, 2.24) is 9.78 Å². The first-order chi connectivity index (χ1) is 9.51. The summed E-state index contributed by atoms with van der Waals surface area (Å²) in [6.45, 7) is 1.06. The van der Waals surface area contributed by atoms with Crippen molar-refractivity contribution in [3.8, 4) is 0 Å². The van der Waals surface area contributed by atoms with Crippen LogP contribution in [0.2, 0.25) is 0 Å². The summed E-state index contributed by atoms with van der Waals surface area (Å²) in [6, 6.07) is 6.10. The van der Waals surface area contributed by atoms with Gasteiger partial charge in [-0.1, -0.05) is 6.07 Å². The molecule has 0 aliphatic heterocycles. The molecule has 0 spiro atoms. The lowest BCUT2D eigenvalue weighted by atomic mass is 10.3. The Bertz CT molecular complexity index is 682. The second-order valence-electron chi connectivity index (χ2n) is 4.16. The van der Waals surface area contributed by atoms with Crippen LogP contribution < -0.4 is 10.5 Å². The predicted octanol–water partition coefficient (Wildman–Crippen LogP) is 0.913. The summed E-state index contributed by atoms with van der Waals surface area (Å²) < 4.78 is 33.3. The van der Waals surface area contributed by atoms with Gasteiger partial charge in [-0.15, -0.1) is 0 Å². The van der Waals surface area contributed by atoms with Crippen LogP contribution in [-0.2, 0) is 21.3 Å². The van der Waals surface area contributed by atoms with Gasteiger partial charge in [0.25, 0.3) is 10.0 Å². The molecule has 2 aromatic rings. The zero-order valence-electron chi connectivity index (χ0n) is 11.0. The van der Waals surface area contributed by atoms with E-state index >= 15 is 0 Å². The number of nitrogens with zero attached hydrogens (tertiary/aromatic N) is 2. The molecule has 0 radical (unpaired) electrons. The molecule has 8 heteroatoms. The summed E-state index contributed by atoms with van der Waals surface area (Å²) in [4.78, 5) is 0.113. The van der Waals surface area contributed by atoms with Gasteiger partial charge in [0.05, 0.1) is 29.9 Å². The Morgan fingerprint density at radius 3 is 2.95 bits per heavy atom. The van der Waals surface area contributed by atoms with E-state index in [0.717, 1.165) is 0 Å². The van der Waals surface area contributed by atoms with Crippen molar-refractivity contribution in [3.05, 3.63) is 36.7 Å². The number of benzene rings is 1. The number of ether oxygens (including phenoxy) is 1. The molecule has 0 aliphatic rings. The third-order valence-corrected chi connectivity index (χ3v) is 3.96. The zero-order valence-corrected chi connectivity index (χ0v) is 11.8. The highest BCUT2D eigenvalue weighted by atomic mass is 32.2. The SMILES string of the molecule is COCCn1cc(NS(=O)(=O)c2cccc(N)c2)cn1. The number of nitrogens with one attached hydrogen (secondary N) is 1. The summed E-state index contributed by atoms with van der Waals surface area (Å²) in [6.07, 6.45) is 3.04. The van der Waals surface area contributed by atoms with E-state index in [0.29, 0.717) is 24.5 Å². The molecule has 0 atom stereocenters. The number of nitrogens with two attached hydrogens (primary N) is 1. The van der Waals surface area contributed by atoms with Crippen molar-refractivity contribution >= 4 is 21.4 Å². The first kappa shape index (κ1) is 14.4. The van der Waals surface area contributed by atoms with Gasteiger partial charge in [-0.05, 0) is 18.2 Å². The molecule has 0 unspecified atom stereocenters. The van der Waals surface area contributed by atoms with Gasteiger partial charge in [0.1, 0.15) is 0 Å². The van der Waals surface area contributed by atoms with Crippen LogP contribution in [0.1, 0.15) is 0 Å². The van der Waals surface area contributed by atoms with Gasteiger partial charge in [0.2, 0.25) is 0 Å². The van der Waals surface area contributed by atoms with E-state index < -0.39 is 10.0 Å². The van der Waals surface area contributed by atoms with Gasteiger partial charge in [0, 0.05) is 19.0 Å². The molecular formula is C12H16N4O3S. The molecule has 0 aliphatic carbocycles. The quantitative estimate of drug-likeness (QED) is 0.772. The van der Waals surface area contributed by atoms with Crippen molar-refractivity contribution in [2.45, 2.75) is 11.4 Å². The molecule has 108 valence electrons. The van der Waals surface area contributed by atoms with Gasteiger partial charge in [-0.3, -0.25) is 9.40 Å². The van der Waals surface area contributed by atoms with Crippen LogP contribution in [0.25, 0.3) is 0 Å². The lowest BCUT2D eigenvalue weighted by Gasteiger charge is -2.06. The summed E-state index contributed by atoms with van der Waals surface area (Å²) in [5.74, 6) is 0. The number of rotatable bonds is 6. The molecule has 0 saturated heterocycles. The number of anilines is 2. The van der Waals surface area contributed by atoms with E-state index in [1.807, 2.05) is 0 Å². The van der Waals surface area contributed by atoms with E-state index in [4.69, 9.17) is 10.5 Å². The number of hydrogen-bond donors (Lipinski definition) is 2. The highest BCUT2D eigenvalue weighted by Gasteiger charge is 2.15. The molecule has 3 N–H and O–H groups in total. The fraction of sp³-hybridized carbons (Fsp3) is 0.250. The second kappa shape index (κ2) is 5.93. The number of methoxy groups -OCH3 is 1. The second-order valence-corrected chi connectivity index (χ2v) is 5.85. The summed E-state index contributed by atoms with van der Waals surface area (Å²) >= 11 is 0. The van der Waals surface area contributed by atoms with Crippen LogP contribution in [0.3, 0.4) is 0 Å². The highest BCUT2D eigenvalue weighted by molar-refractivity contribution is 7.92. The van der Waals surface area contributed by atoms with Gasteiger partial charge in [-0.2, -0.15) is 5.10 Å². The summed E-state index contributed by atoms with van der Waals surface area (Å²) in [7, 11) is -2.07. The first-order valence-electron chi connectivity index (χ1n) is 5.91. The average Bonchev–Trinajstić information content (AvgIpc) is 2.83. The van der Waals surface area contributed by atoms with E-state index in [2.05, 4.69) is 9.82 Å². The molecule has 7 nitrogen and oxygen atoms in total. The molecule has 0 fully saturated rings. The Hall–Kier alpha value is -2.06. The standard InChI is InChI=1S/C12H16N4O3S/c1-19-6-5-16-9-11(8-14-16)15-20(17,18)12-4-2-3-10(13)7-12/h2-4,7-9,15H,5-6,13H2,1H3. The molecule has 20 heavy (non-hydrogen) atoms. The van der Waals surface area contributed by atoms with Crippen molar-refractivity contribution in [3.63, 3.8) is 0 Å². The van der Waals surface area contributed by atoms with Crippen molar-refractivity contribution in [2.24, 2.45) is 0 Å². The van der Waals surface area contributed by atoms with E-state index in [9.17, 15) is 8.42 Å². The average molecular weight is 296 g/mol. The topological polar surface area (TPSA) is 99.2 Å². The van der Waals surface area contributed by atoms with Crippen LogP contribution in [-0.4, -0.2) is 31.9 Å². The number of hydrogen-bond acceptors (Lipinski definition) is 5. The van der Waals surface area contributed by atoms with Crippen molar-refractivity contribution in [2.75, 3.05) is 24.2 Å². The minimum atomic E-state index is -3.66. The van der Waals surface area contributed by atoms with Gasteiger partial charge in [0.15, 0.2) is 0 Å².